The maximum absolute atomic E-state index is 13.3. The van der Waals surface area contributed by atoms with Crippen molar-refractivity contribution in [2.75, 3.05) is 38.3 Å². The molecule has 2 heterocycles. The predicted molar refractivity (Wildman–Crippen MR) is 98.0 cm³/mol. The van der Waals surface area contributed by atoms with Crippen LogP contribution in [0.15, 0.2) is 18.2 Å². The Labute approximate surface area is 158 Å². The highest BCUT2D eigenvalue weighted by Gasteiger charge is 2.46. The largest absolute Gasteiger partial charge is 0.471 e. The lowest BCUT2D eigenvalue weighted by Gasteiger charge is -2.36. The number of aryl methyl sites for hydroxylation is 1. The van der Waals surface area contributed by atoms with Gasteiger partial charge in [-0.25, -0.2) is 0 Å². The molecule has 0 aromatic heterocycles. The van der Waals surface area contributed by atoms with Crippen molar-refractivity contribution in [3.63, 3.8) is 0 Å². The Kier molecular flexibility index (Phi) is 6.11. The summed E-state index contributed by atoms with van der Waals surface area (Å²) in [5, 5.41) is 0. The van der Waals surface area contributed by atoms with E-state index in [-0.39, 0.29) is 0 Å². The number of halogens is 3. The van der Waals surface area contributed by atoms with Gasteiger partial charge in [0.1, 0.15) is 0 Å². The summed E-state index contributed by atoms with van der Waals surface area (Å²) >= 11 is 0. The van der Waals surface area contributed by atoms with Crippen molar-refractivity contribution < 1.29 is 22.7 Å². The van der Waals surface area contributed by atoms with Crippen LogP contribution in [0.2, 0.25) is 0 Å². The number of anilines is 1. The maximum Gasteiger partial charge on any atom is 0.471 e. The molecular formula is C20H27F3N2O2. The number of hydrogen-bond donors (Lipinski definition) is 0. The minimum Gasteiger partial charge on any atom is -0.381 e. The van der Waals surface area contributed by atoms with E-state index in [2.05, 4.69) is 11.9 Å². The van der Waals surface area contributed by atoms with Gasteiger partial charge in [0, 0.05) is 24.9 Å². The molecule has 0 saturated carbocycles. The number of ether oxygens (including phenoxy) is 1. The Morgan fingerprint density at radius 1 is 1.15 bits per heavy atom. The first kappa shape index (κ1) is 20.1. The molecule has 0 atom stereocenters. The molecule has 7 heteroatoms. The van der Waals surface area contributed by atoms with Crippen LogP contribution in [0.3, 0.4) is 0 Å². The van der Waals surface area contributed by atoms with Crippen LogP contribution in [0.4, 0.5) is 18.9 Å². The first-order valence-electron chi connectivity index (χ1n) is 9.54. The zero-order valence-corrected chi connectivity index (χ0v) is 15.9. The van der Waals surface area contributed by atoms with Gasteiger partial charge >= 0.3 is 12.1 Å². The van der Waals surface area contributed by atoms with Crippen molar-refractivity contribution in [3.8, 4) is 0 Å². The number of carbonyl (C=O) groups is 1. The molecule has 2 saturated heterocycles. The van der Waals surface area contributed by atoms with Gasteiger partial charge in [-0.05, 0) is 75.9 Å². The van der Waals surface area contributed by atoms with Crippen molar-refractivity contribution in [2.24, 2.45) is 0 Å². The number of piperidine rings is 1. The average Bonchev–Trinajstić information content (AvgIpc) is 2.64. The van der Waals surface area contributed by atoms with E-state index < -0.39 is 18.1 Å². The number of hydrogen-bond acceptors (Lipinski definition) is 3. The highest BCUT2D eigenvalue weighted by molar-refractivity contribution is 5.98. The zero-order valence-electron chi connectivity index (χ0n) is 15.9. The first-order chi connectivity index (χ1) is 12.8. The van der Waals surface area contributed by atoms with Crippen molar-refractivity contribution in [1.82, 2.24) is 4.90 Å². The Hall–Kier alpha value is -1.60. The van der Waals surface area contributed by atoms with E-state index in [4.69, 9.17) is 4.74 Å². The molecule has 27 heavy (non-hydrogen) atoms. The number of alkyl halides is 3. The minimum absolute atomic E-state index is 0.318. The van der Waals surface area contributed by atoms with Crippen LogP contribution in [0.5, 0.6) is 0 Å². The number of likely N-dealkylation sites (tertiary alicyclic amines) is 1. The fourth-order valence-corrected chi connectivity index (χ4v) is 4.03. The molecule has 2 aliphatic heterocycles. The van der Waals surface area contributed by atoms with E-state index >= 15 is 0 Å². The summed E-state index contributed by atoms with van der Waals surface area (Å²) in [5.41, 5.74) is 2.10. The molecule has 0 unspecified atom stereocenters. The van der Waals surface area contributed by atoms with Gasteiger partial charge in [0.2, 0.25) is 0 Å². The predicted octanol–water partition coefficient (Wildman–Crippen LogP) is 3.88. The second kappa shape index (κ2) is 8.19. The second-order valence-corrected chi connectivity index (χ2v) is 7.64. The highest BCUT2D eigenvalue weighted by Crippen LogP contribution is 2.35. The van der Waals surface area contributed by atoms with Crippen molar-refractivity contribution in [3.05, 3.63) is 29.3 Å². The molecule has 3 rings (SSSR count). The molecule has 2 fully saturated rings. The van der Waals surface area contributed by atoms with Crippen LogP contribution < -0.4 is 4.90 Å². The fourth-order valence-electron chi connectivity index (χ4n) is 4.03. The molecule has 0 radical (unpaired) electrons. The lowest BCUT2D eigenvalue weighted by atomic mass is 9.88. The minimum atomic E-state index is -4.89. The van der Waals surface area contributed by atoms with E-state index in [0.717, 1.165) is 36.4 Å². The second-order valence-electron chi connectivity index (χ2n) is 7.64. The Bertz CT molecular complexity index is 664. The summed E-state index contributed by atoms with van der Waals surface area (Å²) in [6.45, 7) is 4.46. The number of nitrogens with zero attached hydrogens (tertiary/aromatic N) is 2. The van der Waals surface area contributed by atoms with E-state index in [9.17, 15) is 18.0 Å². The van der Waals surface area contributed by atoms with Crippen LogP contribution in [0.1, 0.15) is 42.7 Å². The van der Waals surface area contributed by atoms with Gasteiger partial charge in [0.15, 0.2) is 0 Å². The highest BCUT2D eigenvalue weighted by atomic mass is 19.4. The van der Waals surface area contributed by atoms with Crippen molar-refractivity contribution in [1.29, 1.82) is 0 Å². The molecule has 4 nitrogen and oxygen atoms in total. The Morgan fingerprint density at radius 3 is 2.37 bits per heavy atom. The number of carbonyl (C=O) groups excluding carboxylic acids is 1. The third kappa shape index (κ3) is 4.63. The standard InChI is InChI=1S/C20H27F3N2O2/c1-14-3-4-16(15-5-9-24(2)10-6-15)13-18(14)25(19(26)20(21,22)23)17-7-11-27-12-8-17/h3-4,13,15,17H,5-12H2,1-2H3. The number of benzene rings is 1. The molecule has 1 aromatic rings. The summed E-state index contributed by atoms with van der Waals surface area (Å²) in [6.07, 6.45) is -2.11. The lowest BCUT2D eigenvalue weighted by molar-refractivity contribution is -0.171. The summed E-state index contributed by atoms with van der Waals surface area (Å²) < 4.78 is 45.3. The normalized spacial score (nSPS) is 20.6. The number of rotatable bonds is 3. The monoisotopic (exact) mass is 384 g/mol. The first-order valence-corrected chi connectivity index (χ1v) is 9.54. The van der Waals surface area contributed by atoms with Crippen LogP contribution in [0.25, 0.3) is 0 Å². The van der Waals surface area contributed by atoms with Gasteiger partial charge in [0.05, 0.1) is 0 Å². The van der Waals surface area contributed by atoms with Gasteiger partial charge in [-0.15, -0.1) is 0 Å². The Balaban J connectivity index is 1.95. The smallest absolute Gasteiger partial charge is 0.381 e. The molecule has 0 spiro atoms. The van der Waals surface area contributed by atoms with Crippen molar-refractivity contribution >= 4 is 11.6 Å². The SMILES string of the molecule is Cc1ccc(C2CCN(C)CC2)cc1N(C(=O)C(F)(F)F)C1CCOCC1. The van der Waals surface area contributed by atoms with Gasteiger partial charge in [0.25, 0.3) is 0 Å². The molecule has 1 amide bonds. The molecule has 0 aliphatic carbocycles. The summed E-state index contributed by atoms with van der Waals surface area (Å²) in [6, 6.07) is 5.16. The fraction of sp³-hybridized carbons (Fsp3) is 0.650. The van der Waals surface area contributed by atoms with E-state index in [0.29, 0.717) is 43.2 Å². The van der Waals surface area contributed by atoms with Crippen molar-refractivity contribution in [2.45, 2.75) is 50.7 Å². The third-order valence-electron chi connectivity index (χ3n) is 5.70. The quantitative estimate of drug-likeness (QED) is 0.793. The van der Waals surface area contributed by atoms with Crippen LogP contribution in [-0.2, 0) is 9.53 Å². The zero-order chi connectivity index (χ0) is 19.6. The van der Waals surface area contributed by atoms with E-state index in [1.54, 1.807) is 6.92 Å². The molecular weight excluding hydrogens is 357 g/mol. The van der Waals surface area contributed by atoms with Gasteiger partial charge in [-0.1, -0.05) is 12.1 Å². The summed E-state index contributed by atoms with van der Waals surface area (Å²) in [5.74, 6) is -1.46. The lowest BCUT2D eigenvalue weighted by Crippen LogP contribution is -2.49. The molecule has 0 N–H and O–H groups in total. The summed E-state index contributed by atoms with van der Waals surface area (Å²) in [4.78, 5) is 15.5. The average molecular weight is 384 g/mol. The summed E-state index contributed by atoms with van der Waals surface area (Å²) in [7, 11) is 2.08. The van der Waals surface area contributed by atoms with Gasteiger partial charge in [-0.3, -0.25) is 4.79 Å². The van der Waals surface area contributed by atoms with Crippen LogP contribution in [0, 0.1) is 6.92 Å². The van der Waals surface area contributed by atoms with Gasteiger partial charge < -0.3 is 14.5 Å². The number of amides is 1. The van der Waals surface area contributed by atoms with Gasteiger partial charge in [-0.2, -0.15) is 13.2 Å². The molecule has 0 bridgehead atoms. The van der Waals surface area contributed by atoms with Crippen LogP contribution >= 0.6 is 0 Å². The molecule has 2 aliphatic rings. The maximum atomic E-state index is 13.3. The van der Waals surface area contributed by atoms with E-state index in [1.807, 2.05) is 18.2 Å². The third-order valence-corrected chi connectivity index (χ3v) is 5.70. The molecule has 150 valence electrons. The van der Waals surface area contributed by atoms with Crippen LogP contribution in [-0.4, -0.2) is 56.4 Å². The van der Waals surface area contributed by atoms with E-state index in [1.165, 1.54) is 0 Å². The Morgan fingerprint density at radius 2 is 1.78 bits per heavy atom. The molecule has 1 aromatic carbocycles. The topological polar surface area (TPSA) is 32.8 Å².